The summed E-state index contributed by atoms with van der Waals surface area (Å²) in [5.74, 6) is 0. The molecule has 1 N–H and O–H groups in total. The predicted molar refractivity (Wildman–Crippen MR) is 46.8 cm³/mol. The number of nitrogens with one attached hydrogen (secondary N) is 1. The Hall–Kier alpha value is -0.0800. The van der Waals surface area contributed by atoms with Gasteiger partial charge >= 0.3 is 0 Å². The van der Waals surface area contributed by atoms with Crippen molar-refractivity contribution in [3.63, 3.8) is 0 Å². The highest BCUT2D eigenvalue weighted by molar-refractivity contribution is 4.63. The maximum Gasteiger partial charge on any atom is 0.0575 e. The van der Waals surface area contributed by atoms with E-state index >= 15 is 0 Å². The van der Waals surface area contributed by atoms with Gasteiger partial charge in [0.15, 0.2) is 0 Å². The van der Waals surface area contributed by atoms with Crippen LogP contribution in [0.5, 0.6) is 0 Å². The average molecular weight is 157 g/mol. The molecule has 0 amide bonds. The smallest absolute Gasteiger partial charge is 0.0575 e. The highest BCUT2D eigenvalue weighted by Gasteiger charge is 2.12. The molecule has 2 heteroatoms. The van der Waals surface area contributed by atoms with Gasteiger partial charge in [0.1, 0.15) is 0 Å². The lowest BCUT2D eigenvalue weighted by Gasteiger charge is -2.22. The van der Waals surface area contributed by atoms with Gasteiger partial charge in [-0.2, -0.15) is 0 Å². The standard InChI is InChI=1S/C9H19NO/c1-10-7-4-6-9-5-2-3-8-11-9/h9-10H,2-8H2,1H3. The summed E-state index contributed by atoms with van der Waals surface area (Å²) in [6.45, 7) is 2.12. The Labute approximate surface area is 69.3 Å². The van der Waals surface area contributed by atoms with E-state index in [1.807, 2.05) is 7.05 Å². The Balaban J connectivity index is 1.96. The van der Waals surface area contributed by atoms with Gasteiger partial charge in [-0.15, -0.1) is 0 Å². The van der Waals surface area contributed by atoms with Crippen LogP contribution in [0.25, 0.3) is 0 Å². The van der Waals surface area contributed by atoms with E-state index in [1.165, 1.54) is 32.1 Å². The van der Waals surface area contributed by atoms with Crippen LogP contribution in [0, 0.1) is 0 Å². The normalized spacial score (nSPS) is 25.4. The summed E-state index contributed by atoms with van der Waals surface area (Å²) in [6, 6.07) is 0. The summed E-state index contributed by atoms with van der Waals surface area (Å²) in [5.41, 5.74) is 0. The Morgan fingerprint density at radius 2 is 2.36 bits per heavy atom. The quantitative estimate of drug-likeness (QED) is 0.625. The van der Waals surface area contributed by atoms with Crippen LogP contribution in [-0.4, -0.2) is 26.3 Å². The first-order chi connectivity index (χ1) is 5.43. The molecule has 0 saturated carbocycles. The molecule has 0 spiro atoms. The van der Waals surface area contributed by atoms with Crippen molar-refractivity contribution in [2.45, 2.75) is 38.2 Å². The van der Waals surface area contributed by atoms with Crippen LogP contribution in [0.3, 0.4) is 0 Å². The summed E-state index contributed by atoms with van der Waals surface area (Å²) < 4.78 is 5.60. The summed E-state index contributed by atoms with van der Waals surface area (Å²) >= 11 is 0. The summed E-state index contributed by atoms with van der Waals surface area (Å²) in [4.78, 5) is 0. The van der Waals surface area contributed by atoms with Gasteiger partial charge in [0, 0.05) is 6.61 Å². The molecule has 0 aromatic heterocycles. The fourth-order valence-corrected chi connectivity index (χ4v) is 1.54. The van der Waals surface area contributed by atoms with E-state index in [9.17, 15) is 0 Å². The zero-order valence-corrected chi connectivity index (χ0v) is 7.44. The first-order valence-electron chi connectivity index (χ1n) is 4.69. The molecule has 0 radical (unpaired) electrons. The predicted octanol–water partition coefficient (Wildman–Crippen LogP) is 1.56. The van der Waals surface area contributed by atoms with E-state index in [4.69, 9.17) is 4.74 Å². The zero-order chi connectivity index (χ0) is 7.94. The number of hydrogen-bond acceptors (Lipinski definition) is 2. The molecule has 11 heavy (non-hydrogen) atoms. The first-order valence-corrected chi connectivity index (χ1v) is 4.69. The molecule has 0 bridgehead atoms. The third kappa shape index (κ3) is 3.73. The van der Waals surface area contributed by atoms with Crippen molar-refractivity contribution in [3.05, 3.63) is 0 Å². The summed E-state index contributed by atoms with van der Waals surface area (Å²) in [7, 11) is 2.00. The molecule has 2 nitrogen and oxygen atoms in total. The van der Waals surface area contributed by atoms with Crippen LogP contribution in [0.2, 0.25) is 0 Å². The lowest BCUT2D eigenvalue weighted by atomic mass is 10.0. The molecule has 1 atom stereocenters. The molecule has 1 aliphatic heterocycles. The van der Waals surface area contributed by atoms with E-state index in [0.717, 1.165) is 13.2 Å². The van der Waals surface area contributed by atoms with Gasteiger partial charge in [0.05, 0.1) is 6.10 Å². The van der Waals surface area contributed by atoms with Gasteiger partial charge in [0.2, 0.25) is 0 Å². The van der Waals surface area contributed by atoms with Crippen LogP contribution in [0.15, 0.2) is 0 Å². The van der Waals surface area contributed by atoms with Crippen molar-refractivity contribution in [1.82, 2.24) is 5.32 Å². The lowest BCUT2D eigenvalue weighted by molar-refractivity contribution is 0.0103. The molecule has 1 aliphatic rings. The monoisotopic (exact) mass is 157 g/mol. The molecule has 1 rings (SSSR count). The highest BCUT2D eigenvalue weighted by Crippen LogP contribution is 2.16. The van der Waals surface area contributed by atoms with Gasteiger partial charge in [-0.05, 0) is 45.7 Å². The molecular formula is C9H19NO. The third-order valence-electron chi connectivity index (χ3n) is 2.23. The van der Waals surface area contributed by atoms with Crippen molar-refractivity contribution in [2.24, 2.45) is 0 Å². The molecule has 0 aromatic carbocycles. The molecule has 66 valence electrons. The van der Waals surface area contributed by atoms with Crippen molar-refractivity contribution < 1.29 is 4.74 Å². The van der Waals surface area contributed by atoms with Crippen LogP contribution in [-0.2, 0) is 4.74 Å². The van der Waals surface area contributed by atoms with E-state index in [0.29, 0.717) is 6.10 Å². The second kappa shape index (κ2) is 5.56. The van der Waals surface area contributed by atoms with Gasteiger partial charge < -0.3 is 10.1 Å². The fourth-order valence-electron chi connectivity index (χ4n) is 1.54. The minimum absolute atomic E-state index is 0.567. The van der Waals surface area contributed by atoms with Crippen molar-refractivity contribution in [2.75, 3.05) is 20.2 Å². The van der Waals surface area contributed by atoms with Crippen molar-refractivity contribution >= 4 is 0 Å². The average Bonchev–Trinajstić information content (AvgIpc) is 2.07. The van der Waals surface area contributed by atoms with E-state index in [-0.39, 0.29) is 0 Å². The Morgan fingerprint density at radius 3 is 3.00 bits per heavy atom. The number of rotatable bonds is 4. The van der Waals surface area contributed by atoms with Crippen LogP contribution in [0.4, 0.5) is 0 Å². The Bertz CT molecular complexity index is 89.6. The van der Waals surface area contributed by atoms with Crippen molar-refractivity contribution in [3.8, 4) is 0 Å². The molecular weight excluding hydrogens is 138 g/mol. The fraction of sp³-hybridized carbons (Fsp3) is 1.00. The molecule has 0 aliphatic carbocycles. The van der Waals surface area contributed by atoms with Gasteiger partial charge in [0.25, 0.3) is 0 Å². The number of hydrogen-bond donors (Lipinski definition) is 1. The first kappa shape index (κ1) is 9.01. The van der Waals surface area contributed by atoms with Crippen LogP contribution >= 0.6 is 0 Å². The Kier molecular flexibility index (Phi) is 4.55. The van der Waals surface area contributed by atoms with E-state index < -0.39 is 0 Å². The van der Waals surface area contributed by atoms with Gasteiger partial charge in [-0.3, -0.25) is 0 Å². The maximum absolute atomic E-state index is 5.60. The Morgan fingerprint density at radius 1 is 1.45 bits per heavy atom. The number of ether oxygens (including phenoxy) is 1. The van der Waals surface area contributed by atoms with Crippen LogP contribution in [0.1, 0.15) is 32.1 Å². The maximum atomic E-state index is 5.60. The second-order valence-electron chi connectivity index (χ2n) is 3.23. The SMILES string of the molecule is CNCCCC1CCCCO1. The van der Waals surface area contributed by atoms with E-state index in [2.05, 4.69) is 5.32 Å². The molecule has 1 fully saturated rings. The lowest BCUT2D eigenvalue weighted by Crippen LogP contribution is -2.20. The van der Waals surface area contributed by atoms with Gasteiger partial charge in [-0.25, -0.2) is 0 Å². The minimum Gasteiger partial charge on any atom is -0.378 e. The van der Waals surface area contributed by atoms with Crippen molar-refractivity contribution in [1.29, 1.82) is 0 Å². The molecule has 1 unspecified atom stereocenters. The summed E-state index contributed by atoms with van der Waals surface area (Å²) in [5, 5.41) is 3.15. The topological polar surface area (TPSA) is 21.3 Å². The minimum atomic E-state index is 0.567. The second-order valence-corrected chi connectivity index (χ2v) is 3.23. The highest BCUT2D eigenvalue weighted by atomic mass is 16.5. The van der Waals surface area contributed by atoms with Gasteiger partial charge in [-0.1, -0.05) is 0 Å². The third-order valence-corrected chi connectivity index (χ3v) is 2.23. The molecule has 1 saturated heterocycles. The summed E-state index contributed by atoms with van der Waals surface area (Å²) in [6.07, 6.45) is 6.97. The van der Waals surface area contributed by atoms with Crippen LogP contribution < -0.4 is 5.32 Å². The zero-order valence-electron chi connectivity index (χ0n) is 7.44. The largest absolute Gasteiger partial charge is 0.378 e. The molecule has 1 heterocycles. The van der Waals surface area contributed by atoms with E-state index in [1.54, 1.807) is 0 Å². The molecule has 0 aromatic rings.